The number of nitrogens with one attached hydrogen (secondary N) is 2. The van der Waals surface area contributed by atoms with Crippen molar-refractivity contribution in [3.63, 3.8) is 0 Å². The number of primary amides is 1. The summed E-state index contributed by atoms with van der Waals surface area (Å²) in [5.74, 6) is -1.07. The average Bonchev–Trinajstić information content (AvgIpc) is 2.43. The second-order valence-corrected chi connectivity index (χ2v) is 4.83. The molecule has 21 heavy (non-hydrogen) atoms. The van der Waals surface area contributed by atoms with Gasteiger partial charge in [-0.05, 0) is 30.7 Å². The van der Waals surface area contributed by atoms with E-state index in [1.54, 1.807) is 24.3 Å². The minimum absolute atomic E-state index is 0.180. The van der Waals surface area contributed by atoms with Crippen LogP contribution in [-0.2, 0) is 9.59 Å². The predicted molar refractivity (Wildman–Crippen MR) is 80.7 cm³/mol. The first-order valence-corrected chi connectivity index (χ1v) is 6.92. The summed E-state index contributed by atoms with van der Waals surface area (Å²) in [6.45, 7) is 3.41. The number of unbranched alkanes of at least 4 members (excludes halogenated alkanes) is 1. The van der Waals surface area contributed by atoms with E-state index < -0.39 is 11.9 Å². The number of hydrogen-bond donors (Lipinski definition) is 3. The molecule has 0 unspecified atom stereocenters. The number of anilines is 1. The maximum absolute atomic E-state index is 12.0. The molecule has 0 saturated heterocycles. The number of nitrogens with two attached hydrogens (primary N) is 1. The SMILES string of the molecule is CCCC[C@H](NC(=O)c1ccc(NC(C)=O)cc1)C(N)=O. The second-order valence-electron chi connectivity index (χ2n) is 4.83. The van der Waals surface area contributed by atoms with Crippen molar-refractivity contribution in [3.8, 4) is 0 Å². The summed E-state index contributed by atoms with van der Waals surface area (Å²) in [6, 6.07) is 5.76. The zero-order chi connectivity index (χ0) is 15.8. The first-order chi connectivity index (χ1) is 9.93. The number of benzene rings is 1. The predicted octanol–water partition coefficient (Wildman–Crippen LogP) is 1.42. The Morgan fingerprint density at radius 2 is 1.81 bits per heavy atom. The lowest BCUT2D eigenvalue weighted by molar-refractivity contribution is -0.120. The molecule has 0 aliphatic carbocycles. The highest BCUT2D eigenvalue weighted by Gasteiger charge is 2.18. The van der Waals surface area contributed by atoms with Crippen LogP contribution in [0.2, 0.25) is 0 Å². The van der Waals surface area contributed by atoms with Gasteiger partial charge in [0.05, 0.1) is 0 Å². The number of carbonyl (C=O) groups excluding carboxylic acids is 3. The summed E-state index contributed by atoms with van der Waals surface area (Å²) < 4.78 is 0. The fraction of sp³-hybridized carbons (Fsp3) is 0.400. The van der Waals surface area contributed by atoms with Gasteiger partial charge in [0, 0.05) is 18.2 Å². The van der Waals surface area contributed by atoms with Crippen molar-refractivity contribution < 1.29 is 14.4 Å². The molecule has 0 bridgehead atoms. The highest BCUT2D eigenvalue weighted by Crippen LogP contribution is 2.10. The molecule has 0 heterocycles. The third-order valence-electron chi connectivity index (χ3n) is 2.96. The minimum atomic E-state index is -0.660. The molecule has 1 rings (SSSR count). The molecule has 4 N–H and O–H groups in total. The van der Waals surface area contributed by atoms with Crippen molar-refractivity contribution in [1.29, 1.82) is 0 Å². The highest BCUT2D eigenvalue weighted by molar-refractivity contribution is 5.98. The van der Waals surface area contributed by atoms with Crippen molar-refractivity contribution in [3.05, 3.63) is 29.8 Å². The molecule has 1 aromatic carbocycles. The van der Waals surface area contributed by atoms with Crippen LogP contribution in [0, 0.1) is 0 Å². The molecule has 0 aliphatic heterocycles. The van der Waals surface area contributed by atoms with Gasteiger partial charge in [-0.15, -0.1) is 0 Å². The van der Waals surface area contributed by atoms with E-state index in [2.05, 4.69) is 10.6 Å². The molecule has 1 aromatic rings. The van der Waals surface area contributed by atoms with Gasteiger partial charge in [0.15, 0.2) is 0 Å². The molecule has 0 spiro atoms. The molecule has 0 radical (unpaired) electrons. The normalized spacial score (nSPS) is 11.5. The molecule has 6 nitrogen and oxygen atoms in total. The molecular formula is C15H21N3O3. The zero-order valence-electron chi connectivity index (χ0n) is 12.3. The molecular weight excluding hydrogens is 270 g/mol. The third-order valence-corrected chi connectivity index (χ3v) is 2.96. The van der Waals surface area contributed by atoms with E-state index >= 15 is 0 Å². The number of rotatable bonds is 7. The van der Waals surface area contributed by atoms with Gasteiger partial charge in [0.1, 0.15) is 6.04 Å². The molecule has 0 aliphatic rings. The Labute approximate surface area is 124 Å². The summed E-state index contributed by atoms with van der Waals surface area (Å²) in [4.78, 5) is 34.3. The minimum Gasteiger partial charge on any atom is -0.368 e. The molecule has 1 atom stereocenters. The second kappa shape index (κ2) is 8.04. The van der Waals surface area contributed by atoms with Gasteiger partial charge < -0.3 is 16.4 Å². The van der Waals surface area contributed by atoms with E-state index in [1.807, 2.05) is 6.92 Å². The van der Waals surface area contributed by atoms with Gasteiger partial charge >= 0.3 is 0 Å². The van der Waals surface area contributed by atoms with Crippen LogP contribution in [0.4, 0.5) is 5.69 Å². The molecule has 0 saturated carbocycles. The van der Waals surface area contributed by atoms with E-state index in [0.29, 0.717) is 17.7 Å². The molecule has 3 amide bonds. The Bertz CT molecular complexity index is 511. The Hall–Kier alpha value is -2.37. The van der Waals surface area contributed by atoms with Crippen LogP contribution in [0.1, 0.15) is 43.5 Å². The Balaban J connectivity index is 2.69. The quantitative estimate of drug-likeness (QED) is 0.708. The monoisotopic (exact) mass is 291 g/mol. The summed E-state index contributed by atoms with van der Waals surface area (Å²) in [7, 11) is 0. The first kappa shape index (κ1) is 16.7. The fourth-order valence-electron chi connectivity index (χ4n) is 1.84. The van der Waals surface area contributed by atoms with E-state index in [-0.39, 0.29) is 11.8 Å². The fourth-order valence-corrected chi connectivity index (χ4v) is 1.84. The summed E-state index contributed by atoms with van der Waals surface area (Å²) >= 11 is 0. The Kier molecular flexibility index (Phi) is 6.39. The lowest BCUT2D eigenvalue weighted by atomic mass is 10.1. The molecule has 114 valence electrons. The lowest BCUT2D eigenvalue weighted by Gasteiger charge is -2.15. The number of hydrogen-bond acceptors (Lipinski definition) is 3. The molecule has 0 aromatic heterocycles. The third kappa shape index (κ3) is 5.64. The average molecular weight is 291 g/mol. The van der Waals surface area contributed by atoms with Crippen molar-refractivity contribution in [2.75, 3.05) is 5.32 Å². The number of amides is 3. The van der Waals surface area contributed by atoms with E-state index in [0.717, 1.165) is 12.8 Å². The largest absolute Gasteiger partial charge is 0.368 e. The van der Waals surface area contributed by atoms with Gasteiger partial charge in [-0.1, -0.05) is 19.8 Å². The first-order valence-electron chi connectivity index (χ1n) is 6.92. The van der Waals surface area contributed by atoms with Crippen LogP contribution in [0.3, 0.4) is 0 Å². The Morgan fingerprint density at radius 3 is 2.29 bits per heavy atom. The smallest absolute Gasteiger partial charge is 0.251 e. The van der Waals surface area contributed by atoms with Crippen LogP contribution in [0.15, 0.2) is 24.3 Å². The van der Waals surface area contributed by atoms with Crippen LogP contribution in [0.5, 0.6) is 0 Å². The number of carbonyl (C=O) groups is 3. The lowest BCUT2D eigenvalue weighted by Crippen LogP contribution is -2.44. The summed E-state index contributed by atoms with van der Waals surface area (Å²) in [5, 5.41) is 5.24. The van der Waals surface area contributed by atoms with Crippen molar-refractivity contribution in [2.24, 2.45) is 5.73 Å². The van der Waals surface area contributed by atoms with E-state index in [1.165, 1.54) is 6.92 Å². The van der Waals surface area contributed by atoms with Crippen molar-refractivity contribution in [2.45, 2.75) is 39.2 Å². The topological polar surface area (TPSA) is 101 Å². The van der Waals surface area contributed by atoms with Crippen molar-refractivity contribution in [1.82, 2.24) is 5.32 Å². The summed E-state index contributed by atoms with van der Waals surface area (Å²) in [6.07, 6.45) is 2.27. The van der Waals surface area contributed by atoms with Crippen LogP contribution in [0.25, 0.3) is 0 Å². The van der Waals surface area contributed by atoms with Gasteiger partial charge in [0.25, 0.3) is 5.91 Å². The van der Waals surface area contributed by atoms with Gasteiger partial charge in [-0.3, -0.25) is 14.4 Å². The van der Waals surface area contributed by atoms with Crippen LogP contribution < -0.4 is 16.4 Å². The maximum Gasteiger partial charge on any atom is 0.251 e. The van der Waals surface area contributed by atoms with Crippen molar-refractivity contribution >= 4 is 23.4 Å². The summed E-state index contributed by atoms with van der Waals surface area (Å²) in [5.41, 5.74) is 6.30. The van der Waals surface area contributed by atoms with Crippen LogP contribution >= 0.6 is 0 Å². The maximum atomic E-state index is 12.0. The van der Waals surface area contributed by atoms with E-state index in [9.17, 15) is 14.4 Å². The van der Waals surface area contributed by atoms with Crippen LogP contribution in [-0.4, -0.2) is 23.8 Å². The Morgan fingerprint density at radius 1 is 1.19 bits per heavy atom. The highest BCUT2D eigenvalue weighted by atomic mass is 16.2. The van der Waals surface area contributed by atoms with Gasteiger partial charge in [0.2, 0.25) is 11.8 Å². The van der Waals surface area contributed by atoms with Gasteiger partial charge in [-0.25, -0.2) is 0 Å². The standard InChI is InChI=1S/C15H21N3O3/c1-3-4-5-13(14(16)20)18-15(21)11-6-8-12(9-7-11)17-10(2)19/h6-9,13H,3-5H2,1-2H3,(H2,16,20)(H,17,19)(H,18,21)/t13-/m0/s1. The molecule has 0 fully saturated rings. The van der Waals surface area contributed by atoms with E-state index in [4.69, 9.17) is 5.73 Å². The molecule has 6 heteroatoms. The zero-order valence-corrected chi connectivity index (χ0v) is 12.3. The van der Waals surface area contributed by atoms with Gasteiger partial charge in [-0.2, -0.15) is 0 Å².